The third kappa shape index (κ3) is 2.77. The van der Waals surface area contributed by atoms with Crippen LogP contribution in [0.2, 0.25) is 0 Å². The second-order valence-electron chi connectivity index (χ2n) is 5.69. The van der Waals surface area contributed by atoms with E-state index in [0.717, 1.165) is 11.1 Å². The van der Waals surface area contributed by atoms with E-state index in [4.69, 9.17) is 10.2 Å². The Morgan fingerprint density at radius 1 is 1.05 bits per heavy atom. The molecule has 0 atom stereocenters. The Kier molecular flexibility index (Phi) is 3.98. The Morgan fingerprint density at radius 3 is 2.05 bits per heavy atom. The summed E-state index contributed by atoms with van der Waals surface area (Å²) in [6, 6.07) is 10.1. The van der Waals surface area contributed by atoms with Gasteiger partial charge >= 0.3 is 0 Å². The van der Waals surface area contributed by atoms with Gasteiger partial charge in [-0.3, -0.25) is 4.79 Å². The molecule has 0 saturated heterocycles. The minimum absolute atomic E-state index is 0.199. The molecule has 3 nitrogen and oxygen atoms in total. The van der Waals surface area contributed by atoms with E-state index in [1.54, 1.807) is 0 Å². The molecule has 1 aromatic carbocycles. The van der Waals surface area contributed by atoms with Crippen molar-refractivity contribution >= 4 is 5.91 Å². The minimum Gasteiger partial charge on any atom is -0.451 e. The lowest BCUT2D eigenvalue weighted by atomic mass is 10.00. The van der Waals surface area contributed by atoms with Crippen LogP contribution in [0.3, 0.4) is 0 Å². The number of primary amides is 1. The summed E-state index contributed by atoms with van der Waals surface area (Å²) in [5.74, 6) is 1.14. The SMILES string of the molecule is CC(C)c1ccc(-c2cc(C(C)C)c(C(N)=O)o2)cc1. The van der Waals surface area contributed by atoms with Gasteiger partial charge in [0, 0.05) is 11.1 Å². The fourth-order valence-corrected chi connectivity index (χ4v) is 2.20. The van der Waals surface area contributed by atoms with Crippen molar-refractivity contribution in [2.75, 3.05) is 0 Å². The van der Waals surface area contributed by atoms with E-state index in [-0.39, 0.29) is 11.7 Å². The van der Waals surface area contributed by atoms with E-state index < -0.39 is 5.91 Å². The van der Waals surface area contributed by atoms with Gasteiger partial charge in [0.05, 0.1) is 0 Å². The molecule has 0 unspecified atom stereocenters. The Morgan fingerprint density at radius 2 is 1.65 bits per heavy atom. The normalized spacial score (nSPS) is 11.3. The predicted molar refractivity (Wildman–Crippen MR) is 80.8 cm³/mol. The number of rotatable bonds is 4. The Hall–Kier alpha value is -2.03. The van der Waals surface area contributed by atoms with Gasteiger partial charge < -0.3 is 10.2 Å². The summed E-state index contributed by atoms with van der Waals surface area (Å²) in [5, 5.41) is 0. The zero-order valence-electron chi connectivity index (χ0n) is 12.4. The summed E-state index contributed by atoms with van der Waals surface area (Å²) >= 11 is 0. The van der Waals surface area contributed by atoms with Gasteiger partial charge in [-0.05, 0) is 23.5 Å². The van der Waals surface area contributed by atoms with Crippen LogP contribution in [0.5, 0.6) is 0 Å². The minimum atomic E-state index is -0.515. The first-order valence-corrected chi connectivity index (χ1v) is 6.94. The van der Waals surface area contributed by atoms with E-state index in [2.05, 4.69) is 26.0 Å². The average Bonchev–Trinajstić information content (AvgIpc) is 2.84. The van der Waals surface area contributed by atoms with Gasteiger partial charge in [-0.25, -0.2) is 0 Å². The smallest absolute Gasteiger partial charge is 0.284 e. The molecule has 0 saturated carbocycles. The molecule has 2 N–H and O–H groups in total. The van der Waals surface area contributed by atoms with Crippen molar-refractivity contribution in [3.8, 4) is 11.3 Å². The molecule has 0 fully saturated rings. The molecule has 0 aliphatic carbocycles. The summed E-state index contributed by atoms with van der Waals surface area (Å²) in [4.78, 5) is 11.4. The van der Waals surface area contributed by atoms with Crippen LogP contribution in [0.1, 0.15) is 61.2 Å². The van der Waals surface area contributed by atoms with Crippen molar-refractivity contribution in [3.05, 3.63) is 47.2 Å². The van der Waals surface area contributed by atoms with Crippen LogP contribution in [0.15, 0.2) is 34.7 Å². The quantitative estimate of drug-likeness (QED) is 0.901. The van der Waals surface area contributed by atoms with Gasteiger partial charge in [0.15, 0.2) is 5.76 Å². The standard InChI is InChI=1S/C17H21NO2/c1-10(2)12-5-7-13(8-6-12)15-9-14(11(3)4)16(20-15)17(18)19/h5-11H,1-4H3,(H2,18,19). The molecule has 106 valence electrons. The molecule has 1 amide bonds. The zero-order valence-corrected chi connectivity index (χ0v) is 12.4. The Bertz CT molecular complexity index is 606. The van der Waals surface area contributed by atoms with Crippen LogP contribution in [0.4, 0.5) is 0 Å². The highest BCUT2D eigenvalue weighted by molar-refractivity contribution is 5.92. The summed E-state index contributed by atoms with van der Waals surface area (Å²) in [6.45, 7) is 8.35. The molecule has 1 aromatic heterocycles. The largest absolute Gasteiger partial charge is 0.451 e. The molecule has 3 heteroatoms. The fourth-order valence-electron chi connectivity index (χ4n) is 2.20. The van der Waals surface area contributed by atoms with Crippen molar-refractivity contribution < 1.29 is 9.21 Å². The van der Waals surface area contributed by atoms with Crippen molar-refractivity contribution in [2.24, 2.45) is 5.73 Å². The highest BCUT2D eigenvalue weighted by Crippen LogP contribution is 2.30. The van der Waals surface area contributed by atoms with Gasteiger partial charge in [-0.15, -0.1) is 0 Å². The molecule has 0 spiro atoms. The molecule has 2 aromatic rings. The highest BCUT2D eigenvalue weighted by atomic mass is 16.4. The van der Waals surface area contributed by atoms with Crippen LogP contribution in [0, 0.1) is 0 Å². The molecule has 0 bridgehead atoms. The van der Waals surface area contributed by atoms with Crippen molar-refractivity contribution in [2.45, 2.75) is 39.5 Å². The second kappa shape index (κ2) is 5.53. The maximum absolute atomic E-state index is 11.4. The number of carbonyl (C=O) groups excluding carboxylic acids is 1. The lowest BCUT2D eigenvalue weighted by molar-refractivity contribution is 0.0973. The predicted octanol–water partition coefficient (Wildman–Crippen LogP) is 4.29. The number of hydrogen-bond acceptors (Lipinski definition) is 2. The van der Waals surface area contributed by atoms with E-state index in [9.17, 15) is 4.79 Å². The second-order valence-corrected chi connectivity index (χ2v) is 5.69. The van der Waals surface area contributed by atoms with Crippen LogP contribution in [-0.4, -0.2) is 5.91 Å². The van der Waals surface area contributed by atoms with Crippen LogP contribution >= 0.6 is 0 Å². The summed E-state index contributed by atoms with van der Waals surface area (Å²) in [7, 11) is 0. The Balaban J connectivity index is 2.42. The van der Waals surface area contributed by atoms with Gasteiger partial charge in [0.1, 0.15) is 5.76 Å². The molecule has 2 rings (SSSR count). The summed E-state index contributed by atoms with van der Waals surface area (Å²) in [5.41, 5.74) is 8.48. The Labute approximate surface area is 119 Å². The van der Waals surface area contributed by atoms with Crippen LogP contribution < -0.4 is 5.73 Å². The van der Waals surface area contributed by atoms with E-state index >= 15 is 0 Å². The maximum atomic E-state index is 11.4. The molecule has 0 radical (unpaired) electrons. The van der Waals surface area contributed by atoms with E-state index in [1.165, 1.54) is 5.56 Å². The number of furan rings is 1. The lowest BCUT2D eigenvalue weighted by Gasteiger charge is -2.05. The summed E-state index contributed by atoms with van der Waals surface area (Å²) < 4.78 is 5.65. The van der Waals surface area contributed by atoms with Gasteiger partial charge in [0.2, 0.25) is 0 Å². The average molecular weight is 271 g/mol. The first kappa shape index (κ1) is 14.4. The number of amides is 1. The van der Waals surface area contributed by atoms with E-state index in [1.807, 2.05) is 32.0 Å². The molecular formula is C17H21NO2. The number of hydrogen-bond donors (Lipinski definition) is 1. The van der Waals surface area contributed by atoms with Gasteiger partial charge in [-0.1, -0.05) is 52.0 Å². The highest BCUT2D eigenvalue weighted by Gasteiger charge is 2.19. The monoisotopic (exact) mass is 271 g/mol. The lowest BCUT2D eigenvalue weighted by Crippen LogP contribution is -2.12. The molecule has 1 heterocycles. The molecular weight excluding hydrogens is 250 g/mol. The first-order valence-electron chi connectivity index (χ1n) is 6.94. The topological polar surface area (TPSA) is 56.2 Å². The first-order chi connectivity index (χ1) is 9.40. The molecule has 0 aliphatic rings. The number of nitrogens with two attached hydrogens (primary N) is 1. The van der Waals surface area contributed by atoms with Crippen molar-refractivity contribution in [1.29, 1.82) is 0 Å². The number of carbonyl (C=O) groups is 1. The van der Waals surface area contributed by atoms with Gasteiger partial charge in [0.25, 0.3) is 5.91 Å². The third-order valence-corrected chi connectivity index (χ3v) is 3.47. The zero-order chi connectivity index (χ0) is 14.9. The molecule has 20 heavy (non-hydrogen) atoms. The summed E-state index contributed by atoms with van der Waals surface area (Å²) in [6.07, 6.45) is 0. The fraction of sp³-hybridized carbons (Fsp3) is 0.353. The molecule has 0 aliphatic heterocycles. The van der Waals surface area contributed by atoms with Crippen molar-refractivity contribution in [1.82, 2.24) is 0 Å². The third-order valence-electron chi connectivity index (χ3n) is 3.47. The van der Waals surface area contributed by atoms with Gasteiger partial charge in [-0.2, -0.15) is 0 Å². The van der Waals surface area contributed by atoms with Crippen molar-refractivity contribution in [3.63, 3.8) is 0 Å². The maximum Gasteiger partial charge on any atom is 0.284 e. The van der Waals surface area contributed by atoms with Crippen LogP contribution in [-0.2, 0) is 0 Å². The number of benzene rings is 1. The van der Waals surface area contributed by atoms with E-state index in [0.29, 0.717) is 11.7 Å². The van der Waals surface area contributed by atoms with Crippen LogP contribution in [0.25, 0.3) is 11.3 Å².